The number of carbonyl (C=O) groups excluding carboxylic acids is 2. The molecule has 6 heteroatoms. The SMILES string of the molecule is CC[C@H](C)N1CCC2(CC1)C(=O)N(Cc1cccnc1)C(=O)N2CCC(C)C. The largest absolute Gasteiger partial charge is 0.327 e. The Hall–Kier alpha value is -1.95. The summed E-state index contributed by atoms with van der Waals surface area (Å²) in [7, 11) is 0. The van der Waals surface area contributed by atoms with E-state index >= 15 is 0 Å². The van der Waals surface area contributed by atoms with E-state index in [4.69, 9.17) is 0 Å². The van der Waals surface area contributed by atoms with Crippen LogP contribution < -0.4 is 0 Å². The van der Waals surface area contributed by atoms with E-state index in [0.29, 0.717) is 25.0 Å². The number of pyridine rings is 1. The van der Waals surface area contributed by atoms with Gasteiger partial charge < -0.3 is 9.80 Å². The first kappa shape index (κ1) is 20.8. The maximum Gasteiger partial charge on any atom is 0.327 e. The van der Waals surface area contributed by atoms with Crippen molar-refractivity contribution in [2.45, 2.75) is 71.5 Å². The molecule has 0 radical (unpaired) electrons. The van der Waals surface area contributed by atoms with Crippen molar-refractivity contribution < 1.29 is 9.59 Å². The zero-order valence-electron chi connectivity index (χ0n) is 17.7. The highest BCUT2D eigenvalue weighted by Crippen LogP contribution is 2.39. The van der Waals surface area contributed by atoms with Crippen LogP contribution in [-0.2, 0) is 11.3 Å². The van der Waals surface area contributed by atoms with Crippen molar-refractivity contribution in [1.82, 2.24) is 19.7 Å². The quantitative estimate of drug-likeness (QED) is 0.673. The third kappa shape index (κ3) is 3.93. The molecule has 1 aromatic heterocycles. The summed E-state index contributed by atoms with van der Waals surface area (Å²) in [5.74, 6) is 0.474. The van der Waals surface area contributed by atoms with Gasteiger partial charge in [-0.15, -0.1) is 0 Å². The maximum absolute atomic E-state index is 13.5. The fraction of sp³-hybridized carbons (Fsp3) is 0.682. The van der Waals surface area contributed by atoms with Crippen LogP contribution in [0.4, 0.5) is 4.79 Å². The Morgan fingerprint density at radius 3 is 2.46 bits per heavy atom. The Morgan fingerprint density at radius 2 is 1.89 bits per heavy atom. The molecule has 0 aromatic carbocycles. The molecule has 0 aliphatic carbocycles. The molecular weight excluding hydrogens is 352 g/mol. The predicted octanol–water partition coefficient (Wildman–Crippen LogP) is 3.53. The molecule has 2 aliphatic heterocycles. The summed E-state index contributed by atoms with van der Waals surface area (Å²) < 4.78 is 0. The third-order valence-electron chi connectivity index (χ3n) is 6.45. The lowest BCUT2D eigenvalue weighted by Crippen LogP contribution is -2.57. The van der Waals surface area contributed by atoms with Crippen LogP contribution in [0, 0.1) is 5.92 Å². The van der Waals surface area contributed by atoms with E-state index in [1.54, 1.807) is 12.4 Å². The number of urea groups is 1. The van der Waals surface area contributed by atoms with E-state index in [2.05, 4.69) is 37.6 Å². The Morgan fingerprint density at radius 1 is 1.18 bits per heavy atom. The highest BCUT2D eigenvalue weighted by molar-refractivity contribution is 6.07. The topological polar surface area (TPSA) is 56.8 Å². The number of carbonyl (C=O) groups is 2. The van der Waals surface area contributed by atoms with Gasteiger partial charge in [-0.3, -0.25) is 14.7 Å². The minimum atomic E-state index is -0.669. The first-order valence-electron chi connectivity index (χ1n) is 10.7. The highest BCUT2D eigenvalue weighted by atomic mass is 16.2. The number of nitrogens with zero attached hydrogens (tertiary/aromatic N) is 4. The van der Waals surface area contributed by atoms with Crippen LogP contribution in [-0.4, -0.2) is 62.8 Å². The van der Waals surface area contributed by atoms with Gasteiger partial charge in [0, 0.05) is 38.1 Å². The summed E-state index contributed by atoms with van der Waals surface area (Å²) in [6.45, 7) is 11.5. The molecule has 0 N–H and O–H groups in total. The Labute approximate surface area is 168 Å². The minimum absolute atomic E-state index is 0.0195. The molecule has 0 bridgehead atoms. The second-order valence-electron chi connectivity index (χ2n) is 8.69. The molecule has 6 nitrogen and oxygen atoms in total. The molecule has 1 spiro atoms. The lowest BCUT2D eigenvalue weighted by molar-refractivity contribution is -0.136. The first-order valence-corrected chi connectivity index (χ1v) is 10.7. The number of hydrogen-bond acceptors (Lipinski definition) is 4. The van der Waals surface area contributed by atoms with Crippen molar-refractivity contribution in [3.63, 3.8) is 0 Å². The first-order chi connectivity index (χ1) is 13.4. The molecule has 1 atom stereocenters. The summed E-state index contributed by atoms with van der Waals surface area (Å²) in [5, 5.41) is 0. The molecule has 28 heavy (non-hydrogen) atoms. The summed E-state index contributed by atoms with van der Waals surface area (Å²) in [6.07, 6.45) is 6.90. The van der Waals surface area contributed by atoms with Crippen molar-refractivity contribution in [3.05, 3.63) is 30.1 Å². The summed E-state index contributed by atoms with van der Waals surface area (Å²) in [6, 6.07) is 4.14. The molecule has 0 unspecified atom stereocenters. The van der Waals surface area contributed by atoms with Crippen LogP contribution in [0.15, 0.2) is 24.5 Å². The van der Waals surface area contributed by atoms with Crippen molar-refractivity contribution in [3.8, 4) is 0 Å². The van der Waals surface area contributed by atoms with Crippen LogP contribution >= 0.6 is 0 Å². The van der Waals surface area contributed by atoms with Gasteiger partial charge in [0.15, 0.2) is 0 Å². The van der Waals surface area contributed by atoms with Gasteiger partial charge >= 0.3 is 6.03 Å². The number of piperidine rings is 1. The fourth-order valence-corrected chi connectivity index (χ4v) is 4.37. The number of imide groups is 1. The molecule has 2 fully saturated rings. The van der Waals surface area contributed by atoms with Gasteiger partial charge in [-0.2, -0.15) is 0 Å². The Balaban J connectivity index is 1.83. The lowest BCUT2D eigenvalue weighted by atomic mass is 9.84. The van der Waals surface area contributed by atoms with Gasteiger partial charge in [-0.05, 0) is 50.2 Å². The Bertz CT molecular complexity index is 683. The molecule has 3 amide bonds. The Kier molecular flexibility index (Phi) is 6.38. The van der Waals surface area contributed by atoms with Crippen molar-refractivity contribution in [2.24, 2.45) is 5.92 Å². The lowest BCUT2D eigenvalue weighted by Gasteiger charge is -2.44. The molecular formula is C22H34N4O2. The monoisotopic (exact) mass is 386 g/mol. The number of amides is 3. The summed E-state index contributed by atoms with van der Waals surface area (Å²) in [4.78, 5) is 36.7. The summed E-state index contributed by atoms with van der Waals surface area (Å²) in [5.41, 5.74) is 0.222. The molecule has 2 aliphatic rings. The number of rotatable bonds is 7. The maximum atomic E-state index is 13.5. The van der Waals surface area contributed by atoms with Gasteiger partial charge in [0.25, 0.3) is 5.91 Å². The second-order valence-corrected chi connectivity index (χ2v) is 8.69. The van der Waals surface area contributed by atoms with Crippen LogP contribution in [0.3, 0.4) is 0 Å². The van der Waals surface area contributed by atoms with Gasteiger partial charge in [-0.1, -0.05) is 26.8 Å². The average molecular weight is 387 g/mol. The number of hydrogen-bond donors (Lipinski definition) is 0. The number of aromatic nitrogens is 1. The third-order valence-corrected chi connectivity index (χ3v) is 6.45. The second kappa shape index (κ2) is 8.60. The molecule has 1 aromatic rings. The van der Waals surface area contributed by atoms with Crippen LogP contribution in [0.25, 0.3) is 0 Å². The van der Waals surface area contributed by atoms with E-state index in [0.717, 1.165) is 44.3 Å². The van der Waals surface area contributed by atoms with E-state index < -0.39 is 5.54 Å². The van der Waals surface area contributed by atoms with Gasteiger partial charge in [0.05, 0.1) is 6.54 Å². The predicted molar refractivity (Wildman–Crippen MR) is 110 cm³/mol. The highest BCUT2D eigenvalue weighted by Gasteiger charge is 2.57. The van der Waals surface area contributed by atoms with Crippen molar-refractivity contribution >= 4 is 11.9 Å². The molecule has 0 saturated carbocycles. The van der Waals surface area contributed by atoms with Crippen LogP contribution in [0.5, 0.6) is 0 Å². The van der Waals surface area contributed by atoms with Crippen molar-refractivity contribution in [2.75, 3.05) is 19.6 Å². The zero-order valence-corrected chi connectivity index (χ0v) is 17.7. The molecule has 2 saturated heterocycles. The van der Waals surface area contributed by atoms with Crippen LogP contribution in [0.2, 0.25) is 0 Å². The smallest absolute Gasteiger partial charge is 0.309 e. The van der Waals surface area contributed by atoms with Gasteiger partial charge in [0.2, 0.25) is 0 Å². The zero-order chi connectivity index (χ0) is 20.3. The minimum Gasteiger partial charge on any atom is -0.309 e. The van der Waals surface area contributed by atoms with E-state index in [9.17, 15) is 9.59 Å². The van der Waals surface area contributed by atoms with Gasteiger partial charge in [0.1, 0.15) is 5.54 Å². The fourth-order valence-electron chi connectivity index (χ4n) is 4.37. The average Bonchev–Trinajstić information content (AvgIpc) is 2.88. The molecule has 3 heterocycles. The molecule has 154 valence electrons. The van der Waals surface area contributed by atoms with Crippen LogP contribution in [0.1, 0.15) is 58.9 Å². The normalized spacial score (nSPS) is 21.2. The van der Waals surface area contributed by atoms with E-state index in [1.807, 2.05) is 17.0 Å². The molecule has 3 rings (SSSR count). The summed E-state index contributed by atoms with van der Waals surface area (Å²) >= 11 is 0. The van der Waals surface area contributed by atoms with Gasteiger partial charge in [-0.25, -0.2) is 4.79 Å². The van der Waals surface area contributed by atoms with E-state index in [1.165, 1.54) is 4.90 Å². The standard InChI is InChI=1S/C22H34N4O2/c1-5-18(4)24-13-9-22(10-14-24)20(27)25(16-19-7-6-11-23-15-19)21(28)26(22)12-8-17(2)3/h6-7,11,15,17-18H,5,8-10,12-14,16H2,1-4H3/t18-/m0/s1. The number of likely N-dealkylation sites (tertiary alicyclic amines) is 1. The van der Waals surface area contributed by atoms with Crippen molar-refractivity contribution in [1.29, 1.82) is 0 Å². The van der Waals surface area contributed by atoms with E-state index in [-0.39, 0.29) is 11.9 Å².